The fraction of sp³-hybridized carbons (Fsp3) is 0.154. The van der Waals surface area contributed by atoms with Gasteiger partial charge in [0.25, 0.3) is 0 Å². The first-order valence-corrected chi connectivity index (χ1v) is 5.95. The number of nitrogens with zero attached hydrogens (tertiary/aromatic N) is 4. The molecule has 0 bridgehead atoms. The third kappa shape index (κ3) is 1.96. The van der Waals surface area contributed by atoms with Crippen LogP contribution in [0.5, 0.6) is 0 Å². The number of aromatic nitrogens is 4. The Labute approximate surface area is 110 Å². The number of benzene rings is 1. The van der Waals surface area contributed by atoms with E-state index in [0.29, 0.717) is 0 Å². The van der Waals surface area contributed by atoms with Crippen molar-refractivity contribution in [2.45, 2.75) is 6.04 Å². The van der Waals surface area contributed by atoms with Crippen LogP contribution >= 0.6 is 0 Å². The predicted molar refractivity (Wildman–Crippen MR) is 71.9 cm³/mol. The van der Waals surface area contributed by atoms with Crippen molar-refractivity contribution in [3.63, 3.8) is 0 Å². The van der Waals surface area contributed by atoms with Crippen LogP contribution in [0.25, 0.3) is 10.9 Å². The van der Waals surface area contributed by atoms with E-state index in [4.69, 9.17) is 5.84 Å². The van der Waals surface area contributed by atoms with E-state index in [0.717, 1.165) is 22.2 Å². The summed E-state index contributed by atoms with van der Waals surface area (Å²) in [7, 11) is 1.84. The van der Waals surface area contributed by atoms with Gasteiger partial charge in [-0.1, -0.05) is 23.4 Å². The third-order valence-electron chi connectivity index (χ3n) is 3.20. The van der Waals surface area contributed by atoms with Crippen LogP contribution in [-0.4, -0.2) is 20.0 Å². The van der Waals surface area contributed by atoms with Crippen LogP contribution in [-0.2, 0) is 7.05 Å². The molecule has 2 aromatic heterocycles. The molecule has 0 saturated carbocycles. The van der Waals surface area contributed by atoms with E-state index in [-0.39, 0.29) is 6.04 Å². The smallest absolute Gasteiger partial charge is 0.0901 e. The van der Waals surface area contributed by atoms with Crippen LogP contribution in [0, 0.1) is 0 Å². The molecule has 3 aromatic rings. The molecule has 2 heterocycles. The van der Waals surface area contributed by atoms with Crippen molar-refractivity contribution in [3.05, 3.63) is 54.0 Å². The van der Waals surface area contributed by atoms with Gasteiger partial charge < -0.3 is 0 Å². The number of nitrogens with one attached hydrogen (secondary N) is 1. The molecule has 0 aliphatic carbocycles. The summed E-state index contributed by atoms with van der Waals surface area (Å²) in [4.78, 5) is 4.36. The van der Waals surface area contributed by atoms with E-state index < -0.39 is 0 Å². The zero-order chi connectivity index (χ0) is 13.2. The maximum Gasteiger partial charge on any atom is 0.0901 e. The molecular formula is C13H14N6. The molecule has 0 saturated heterocycles. The second-order valence-electron chi connectivity index (χ2n) is 4.30. The van der Waals surface area contributed by atoms with Gasteiger partial charge >= 0.3 is 0 Å². The standard InChI is InChI=1S/C13H14N6/c1-19-12(8-16-18-19)13(17-14)10-4-2-6-11-9(10)5-3-7-15-11/h2-8,13,17H,14H2,1H3. The molecular weight excluding hydrogens is 240 g/mol. The molecule has 1 aromatic carbocycles. The van der Waals surface area contributed by atoms with Crippen molar-refractivity contribution < 1.29 is 0 Å². The molecule has 0 spiro atoms. The van der Waals surface area contributed by atoms with E-state index in [1.165, 1.54) is 0 Å². The minimum atomic E-state index is -0.173. The lowest BCUT2D eigenvalue weighted by atomic mass is 9.99. The Kier molecular flexibility index (Phi) is 2.94. The Morgan fingerprint density at radius 2 is 2.16 bits per heavy atom. The minimum Gasteiger partial charge on any atom is -0.271 e. The summed E-state index contributed by atoms with van der Waals surface area (Å²) >= 11 is 0. The maximum absolute atomic E-state index is 5.72. The SMILES string of the molecule is Cn1nncc1C(NN)c1cccc2ncccc12. The molecule has 96 valence electrons. The number of pyridine rings is 1. The van der Waals surface area contributed by atoms with E-state index in [9.17, 15) is 0 Å². The fourth-order valence-electron chi connectivity index (χ4n) is 2.27. The number of fused-ring (bicyclic) bond motifs is 1. The molecule has 0 aliphatic rings. The molecule has 3 N–H and O–H groups in total. The molecule has 3 rings (SSSR count). The van der Waals surface area contributed by atoms with Crippen molar-refractivity contribution in [1.29, 1.82) is 0 Å². The van der Waals surface area contributed by atoms with Crippen LogP contribution in [0.3, 0.4) is 0 Å². The van der Waals surface area contributed by atoms with Gasteiger partial charge in [0.1, 0.15) is 0 Å². The molecule has 1 unspecified atom stereocenters. The average Bonchev–Trinajstić information content (AvgIpc) is 2.86. The molecule has 0 radical (unpaired) electrons. The topological polar surface area (TPSA) is 81.7 Å². The van der Waals surface area contributed by atoms with Gasteiger partial charge in [-0.05, 0) is 17.7 Å². The molecule has 1 atom stereocenters. The highest BCUT2D eigenvalue weighted by Gasteiger charge is 2.18. The van der Waals surface area contributed by atoms with Crippen LogP contribution in [0.2, 0.25) is 0 Å². The quantitative estimate of drug-likeness (QED) is 0.536. The Balaban J connectivity index is 2.20. The maximum atomic E-state index is 5.72. The fourth-order valence-corrected chi connectivity index (χ4v) is 2.27. The molecule has 0 fully saturated rings. The number of hydrazine groups is 1. The predicted octanol–water partition coefficient (Wildman–Crippen LogP) is 0.916. The number of nitrogens with two attached hydrogens (primary N) is 1. The molecule has 0 amide bonds. The number of hydrogen-bond acceptors (Lipinski definition) is 5. The van der Waals surface area contributed by atoms with E-state index >= 15 is 0 Å². The highest BCUT2D eigenvalue weighted by molar-refractivity contribution is 5.82. The lowest BCUT2D eigenvalue weighted by molar-refractivity contribution is 0.573. The van der Waals surface area contributed by atoms with Crippen LogP contribution in [0.15, 0.2) is 42.7 Å². The van der Waals surface area contributed by atoms with E-state index in [2.05, 4.69) is 20.7 Å². The summed E-state index contributed by atoms with van der Waals surface area (Å²) in [6.07, 6.45) is 3.49. The Morgan fingerprint density at radius 3 is 2.89 bits per heavy atom. The second-order valence-corrected chi connectivity index (χ2v) is 4.30. The van der Waals surface area contributed by atoms with Crippen molar-refractivity contribution in [1.82, 2.24) is 25.4 Å². The first-order chi connectivity index (χ1) is 9.31. The first kappa shape index (κ1) is 11.8. The molecule has 6 nitrogen and oxygen atoms in total. The van der Waals surface area contributed by atoms with Gasteiger partial charge in [-0.15, -0.1) is 5.10 Å². The average molecular weight is 254 g/mol. The van der Waals surface area contributed by atoms with Crippen molar-refractivity contribution in [3.8, 4) is 0 Å². The summed E-state index contributed by atoms with van der Waals surface area (Å²) in [5.41, 5.74) is 5.72. The number of aryl methyl sites for hydroxylation is 1. The second kappa shape index (κ2) is 4.75. The lowest BCUT2D eigenvalue weighted by Crippen LogP contribution is -2.30. The normalized spacial score (nSPS) is 12.7. The van der Waals surface area contributed by atoms with Gasteiger partial charge in [-0.2, -0.15) is 0 Å². The summed E-state index contributed by atoms with van der Waals surface area (Å²) in [5, 5.41) is 8.91. The van der Waals surface area contributed by atoms with Gasteiger partial charge in [0.05, 0.1) is 23.4 Å². The Bertz CT molecular complexity index is 700. The summed E-state index contributed by atoms with van der Waals surface area (Å²) in [6, 6.07) is 9.76. The van der Waals surface area contributed by atoms with Crippen LogP contribution in [0.1, 0.15) is 17.3 Å². The van der Waals surface area contributed by atoms with Crippen molar-refractivity contribution in [2.24, 2.45) is 12.9 Å². The third-order valence-corrected chi connectivity index (χ3v) is 3.20. The van der Waals surface area contributed by atoms with E-state index in [1.54, 1.807) is 17.1 Å². The molecule has 19 heavy (non-hydrogen) atoms. The molecule has 6 heteroatoms. The van der Waals surface area contributed by atoms with Crippen LogP contribution < -0.4 is 11.3 Å². The lowest BCUT2D eigenvalue weighted by Gasteiger charge is -2.17. The van der Waals surface area contributed by atoms with Crippen molar-refractivity contribution >= 4 is 10.9 Å². The van der Waals surface area contributed by atoms with Crippen LogP contribution in [0.4, 0.5) is 0 Å². The highest BCUT2D eigenvalue weighted by Crippen LogP contribution is 2.26. The monoisotopic (exact) mass is 254 g/mol. The van der Waals surface area contributed by atoms with Gasteiger partial charge in [-0.25, -0.2) is 5.43 Å². The zero-order valence-corrected chi connectivity index (χ0v) is 10.5. The van der Waals surface area contributed by atoms with Gasteiger partial charge in [0, 0.05) is 18.6 Å². The van der Waals surface area contributed by atoms with Gasteiger partial charge in [0.15, 0.2) is 0 Å². The van der Waals surface area contributed by atoms with Gasteiger partial charge in [0.2, 0.25) is 0 Å². The van der Waals surface area contributed by atoms with Crippen molar-refractivity contribution in [2.75, 3.05) is 0 Å². The summed E-state index contributed by atoms with van der Waals surface area (Å²) in [6.45, 7) is 0. The van der Waals surface area contributed by atoms with Gasteiger partial charge in [-0.3, -0.25) is 15.5 Å². The van der Waals surface area contributed by atoms with E-state index in [1.807, 2.05) is 37.4 Å². The highest BCUT2D eigenvalue weighted by atomic mass is 15.4. The summed E-state index contributed by atoms with van der Waals surface area (Å²) in [5.74, 6) is 5.72. The number of hydrogen-bond donors (Lipinski definition) is 2. The zero-order valence-electron chi connectivity index (χ0n) is 10.5. The first-order valence-electron chi connectivity index (χ1n) is 5.95. The largest absolute Gasteiger partial charge is 0.271 e. The summed E-state index contributed by atoms with van der Waals surface area (Å²) < 4.78 is 1.71. The Morgan fingerprint density at radius 1 is 1.26 bits per heavy atom. The Hall–Kier alpha value is -2.31. The molecule has 0 aliphatic heterocycles. The number of rotatable bonds is 3. The minimum absolute atomic E-state index is 0.173.